The molecule has 0 radical (unpaired) electrons. The van der Waals surface area contributed by atoms with Gasteiger partial charge in [0, 0.05) is 13.0 Å². The number of hydrogen-bond donors (Lipinski definition) is 1. The van der Waals surface area contributed by atoms with Crippen LogP contribution in [0.1, 0.15) is 58.3 Å². The van der Waals surface area contributed by atoms with E-state index in [4.69, 9.17) is 0 Å². The van der Waals surface area contributed by atoms with Crippen LogP contribution in [0.2, 0.25) is 0 Å². The number of allylic oxidation sites excluding steroid dienone is 1. The number of amides is 1. The predicted octanol–water partition coefficient (Wildman–Crippen LogP) is 3.43. The van der Waals surface area contributed by atoms with Crippen LogP contribution in [0.3, 0.4) is 0 Å². The molecule has 0 spiro atoms. The third-order valence-corrected chi connectivity index (χ3v) is 2.41. The molecule has 0 unspecified atom stereocenters. The topological polar surface area (TPSA) is 29.1 Å². The molecule has 0 heterocycles. The van der Waals surface area contributed by atoms with E-state index in [0.717, 1.165) is 38.6 Å². The standard InChI is InChI=1S/C13H25NO/c1-3-5-7-8-9-10-11-13(15)14-12-6-4-2/h3H,1,4-12H2,2H3,(H,14,15). The van der Waals surface area contributed by atoms with Gasteiger partial charge in [-0.2, -0.15) is 0 Å². The molecule has 0 aliphatic carbocycles. The van der Waals surface area contributed by atoms with Crippen LogP contribution in [-0.2, 0) is 4.79 Å². The maximum absolute atomic E-state index is 11.3. The van der Waals surface area contributed by atoms with E-state index in [0.29, 0.717) is 6.42 Å². The van der Waals surface area contributed by atoms with Crippen molar-refractivity contribution in [2.45, 2.75) is 58.3 Å². The number of unbranched alkanes of at least 4 members (excludes halogenated alkanes) is 5. The van der Waals surface area contributed by atoms with Crippen molar-refractivity contribution in [3.05, 3.63) is 12.7 Å². The molecular weight excluding hydrogens is 186 g/mol. The fourth-order valence-electron chi connectivity index (χ4n) is 1.42. The monoisotopic (exact) mass is 211 g/mol. The molecular formula is C13H25NO. The summed E-state index contributed by atoms with van der Waals surface area (Å²) in [4.78, 5) is 11.3. The maximum Gasteiger partial charge on any atom is 0.219 e. The van der Waals surface area contributed by atoms with Gasteiger partial charge < -0.3 is 5.32 Å². The van der Waals surface area contributed by atoms with Crippen LogP contribution in [0.25, 0.3) is 0 Å². The lowest BCUT2D eigenvalue weighted by Crippen LogP contribution is -2.23. The Morgan fingerprint density at radius 2 is 1.93 bits per heavy atom. The van der Waals surface area contributed by atoms with Crippen LogP contribution in [-0.4, -0.2) is 12.5 Å². The molecule has 0 aromatic heterocycles. The van der Waals surface area contributed by atoms with E-state index in [1.54, 1.807) is 0 Å². The summed E-state index contributed by atoms with van der Waals surface area (Å²) in [6.45, 7) is 6.65. The van der Waals surface area contributed by atoms with Crippen molar-refractivity contribution in [2.75, 3.05) is 6.54 Å². The van der Waals surface area contributed by atoms with Crippen molar-refractivity contribution in [2.24, 2.45) is 0 Å². The first kappa shape index (κ1) is 14.2. The molecule has 88 valence electrons. The molecule has 1 N–H and O–H groups in total. The van der Waals surface area contributed by atoms with Crippen molar-refractivity contribution in [1.29, 1.82) is 0 Å². The van der Waals surface area contributed by atoms with Crippen LogP contribution in [0.15, 0.2) is 12.7 Å². The average Bonchev–Trinajstić information content (AvgIpc) is 2.23. The third-order valence-electron chi connectivity index (χ3n) is 2.41. The van der Waals surface area contributed by atoms with Gasteiger partial charge >= 0.3 is 0 Å². The first-order valence-electron chi connectivity index (χ1n) is 6.18. The Morgan fingerprint density at radius 3 is 2.60 bits per heavy atom. The zero-order valence-corrected chi connectivity index (χ0v) is 10.1. The Balaban J connectivity index is 3.13. The molecule has 0 aliphatic heterocycles. The molecule has 15 heavy (non-hydrogen) atoms. The van der Waals surface area contributed by atoms with Crippen LogP contribution in [0.5, 0.6) is 0 Å². The summed E-state index contributed by atoms with van der Waals surface area (Å²) in [6, 6.07) is 0. The van der Waals surface area contributed by atoms with E-state index in [1.807, 2.05) is 6.08 Å². The van der Waals surface area contributed by atoms with E-state index < -0.39 is 0 Å². The van der Waals surface area contributed by atoms with Gasteiger partial charge in [-0.15, -0.1) is 6.58 Å². The number of rotatable bonds is 10. The molecule has 0 aliphatic rings. The molecule has 0 aromatic carbocycles. The van der Waals surface area contributed by atoms with E-state index in [2.05, 4.69) is 18.8 Å². The largest absolute Gasteiger partial charge is 0.356 e. The van der Waals surface area contributed by atoms with Gasteiger partial charge in [-0.1, -0.05) is 32.3 Å². The molecule has 0 bridgehead atoms. The van der Waals surface area contributed by atoms with E-state index in [9.17, 15) is 4.79 Å². The SMILES string of the molecule is C=CCCCCCCC(=O)NCCCC. The van der Waals surface area contributed by atoms with Crippen molar-refractivity contribution in [1.82, 2.24) is 5.32 Å². The zero-order valence-electron chi connectivity index (χ0n) is 10.1. The molecule has 0 rings (SSSR count). The lowest BCUT2D eigenvalue weighted by Gasteiger charge is -2.03. The summed E-state index contributed by atoms with van der Waals surface area (Å²) in [5.74, 6) is 0.215. The molecule has 0 saturated heterocycles. The van der Waals surface area contributed by atoms with Crippen molar-refractivity contribution in [3.8, 4) is 0 Å². The van der Waals surface area contributed by atoms with Crippen LogP contribution in [0.4, 0.5) is 0 Å². The molecule has 0 saturated carbocycles. The van der Waals surface area contributed by atoms with Gasteiger partial charge in [-0.3, -0.25) is 4.79 Å². The van der Waals surface area contributed by atoms with Crippen molar-refractivity contribution >= 4 is 5.91 Å². The third kappa shape index (κ3) is 11.1. The summed E-state index contributed by atoms with van der Waals surface area (Å²) in [7, 11) is 0. The highest BCUT2D eigenvalue weighted by atomic mass is 16.1. The number of hydrogen-bond acceptors (Lipinski definition) is 1. The normalized spacial score (nSPS) is 9.93. The molecule has 0 atom stereocenters. The lowest BCUT2D eigenvalue weighted by atomic mass is 10.1. The van der Waals surface area contributed by atoms with Gasteiger partial charge in [-0.05, 0) is 25.7 Å². The molecule has 2 nitrogen and oxygen atoms in total. The minimum Gasteiger partial charge on any atom is -0.356 e. The van der Waals surface area contributed by atoms with Crippen LogP contribution >= 0.6 is 0 Å². The second-order valence-corrected chi connectivity index (χ2v) is 3.95. The highest BCUT2D eigenvalue weighted by Crippen LogP contribution is 2.05. The van der Waals surface area contributed by atoms with Gasteiger partial charge in [0.2, 0.25) is 5.91 Å². The molecule has 0 fully saturated rings. The van der Waals surface area contributed by atoms with Gasteiger partial charge in [0.15, 0.2) is 0 Å². The molecule has 0 aromatic rings. The Labute approximate surface area is 94.1 Å². The van der Waals surface area contributed by atoms with Crippen LogP contribution < -0.4 is 5.32 Å². The van der Waals surface area contributed by atoms with Gasteiger partial charge in [0.1, 0.15) is 0 Å². The number of nitrogens with one attached hydrogen (secondary N) is 1. The quantitative estimate of drug-likeness (QED) is 0.435. The average molecular weight is 211 g/mol. The Morgan fingerprint density at radius 1 is 1.20 bits per heavy atom. The maximum atomic E-state index is 11.3. The van der Waals surface area contributed by atoms with E-state index >= 15 is 0 Å². The summed E-state index contributed by atoms with van der Waals surface area (Å²) in [6.07, 6.45) is 10.6. The molecule has 1 amide bonds. The zero-order chi connectivity index (χ0) is 11.4. The first-order valence-corrected chi connectivity index (χ1v) is 6.18. The summed E-state index contributed by atoms with van der Waals surface area (Å²) < 4.78 is 0. The van der Waals surface area contributed by atoms with Crippen molar-refractivity contribution < 1.29 is 4.79 Å². The smallest absolute Gasteiger partial charge is 0.219 e. The summed E-state index contributed by atoms with van der Waals surface area (Å²) in [5.41, 5.74) is 0. The van der Waals surface area contributed by atoms with Crippen molar-refractivity contribution in [3.63, 3.8) is 0 Å². The van der Waals surface area contributed by atoms with E-state index in [-0.39, 0.29) is 5.91 Å². The van der Waals surface area contributed by atoms with Gasteiger partial charge in [0.05, 0.1) is 0 Å². The van der Waals surface area contributed by atoms with E-state index in [1.165, 1.54) is 12.8 Å². The Hall–Kier alpha value is -0.790. The second-order valence-electron chi connectivity index (χ2n) is 3.95. The number of carbonyl (C=O) groups is 1. The first-order chi connectivity index (χ1) is 7.31. The minimum absolute atomic E-state index is 0.215. The molecule has 2 heteroatoms. The fraction of sp³-hybridized carbons (Fsp3) is 0.769. The summed E-state index contributed by atoms with van der Waals surface area (Å²) in [5, 5.41) is 2.93. The second kappa shape index (κ2) is 11.3. The predicted molar refractivity (Wildman–Crippen MR) is 65.8 cm³/mol. The number of carbonyl (C=O) groups excluding carboxylic acids is 1. The summed E-state index contributed by atoms with van der Waals surface area (Å²) >= 11 is 0. The van der Waals surface area contributed by atoms with Crippen LogP contribution in [0, 0.1) is 0 Å². The minimum atomic E-state index is 0.215. The fourth-order valence-corrected chi connectivity index (χ4v) is 1.42. The lowest BCUT2D eigenvalue weighted by molar-refractivity contribution is -0.121. The highest BCUT2D eigenvalue weighted by molar-refractivity contribution is 5.75. The van der Waals surface area contributed by atoms with Gasteiger partial charge in [-0.25, -0.2) is 0 Å². The Bertz CT molecular complexity index is 166. The highest BCUT2D eigenvalue weighted by Gasteiger charge is 1.99. The Kier molecular flexibility index (Phi) is 10.7. The van der Waals surface area contributed by atoms with Gasteiger partial charge in [0.25, 0.3) is 0 Å².